The van der Waals surface area contributed by atoms with Crippen LogP contribution in [0.2, 0.25) is 0 Å². The van der Waals surface area contributed by atoms with Gasteiger partial charge in [-0.15, -0.1) is 10.2 Å². The van der Waals surface area contributed by atoms with E-state index in [1.54, 1.807) is 0 Å². The number of hydrogen-bond acceptors (Lipinski definition) is 5. The first kappa shape index (κ1) is 6.43. The lowest BCUT2D eigenvalue weighted by molar-refractivity contribution is 0.761. The molecule has 0 fully saturated rings. The maximum absolute atomic E-state index is 6.25. The highest BCUT2D eigenvalue weighted by atomic mass is 15.4. The maximum Gasteiger partial charge on any atom is 0.0716 e. The van der Waals surface area contributed by atoms with E-state index in [-0.39, 0.29) is 0 Å². The van der Waals surface area contributed by atoms with Gasteiger partial charge in [-0.3, -0.25) is 0 Å². The molecule has 0 saturated heterocycles. The third-order valence-electron chi connectivity index (χ3n) is 0.343. The zero-order valence-corrected chi connectivity index (χ0v) is 3.89. The van der Waals surface area contributed by atoms with E-state index in [4.69, 9.17) is 11.8 Å². The van der Waals surface area contributed by atoms with Crippen LogP contribution in [0.3, 0.4) is 0 Å². The van der Waals surface area contributed by atoms with Crippen molar-refractivity contribution in [3.05, 3.63) is 19.0 Å². The van der Waals surface area contributed by atoms with Gasteiger partial charge in [-0.05, 0) is 10.4 Å². The van der Waals surface area contributed by atoms with Gasteiger partial charge < -0.3 is 11.8 Å². The molecule has 1 aromatic rings. The molecule has 0 aliphatic rings. The molecule has 1 rings (SSSR count). The van der Waals surface area contributed by atoms with Gasteiger partial charge in [-0.1, -0.05) is 0 Å². The molecule has 1 heterocycles. The van der Waals surface area contributed by atoms with Crippen molar-refractivity contribution >= 4 is 0 Å². The van der Waals surface area contributed by atoms with Crippen LogP contribution in [-0.2, 0) is 0 Å². The van der Waals surface area contributed by atoms with E-state index in [1.807, 2.05) is 0 Å². The zero-order chi connectivity index (χ0) is 6.24. The minimum absolute atomic E-state index is 1.47. The van der Waals surface area contributed by atoms with Crippen LogP contribution in [0.15, 0.2) is 12.4 Å². The van der Waals surface area contributed by atoms with E-state index >= 15 is 0 Å². The van der Waals surface area contributed by atoms with Crippen molar-refractivity contribution in [1.29, 1.82) is 5.26 Å². The van der Waals surface area contributed by atoms with Crippen molar-refractivity contribution in [2.45, 2.75) is 0 Å². The van der Waals surface area contributed by atoms with Gasteiger partial charge in [0.05, 0.1) is 12.4 Å². The Morgan fingerprint density at radius 2 is 1.38 bits per heavy atom. The number of nitrogens with zero attached hydrogens (tertiary/aromatic N) is 5. The predicted molar refractivity (Wildman–Crippen MR) is 22.6 cm³/mol. The lowest BCUT2D eigenvalue weighted by Crippen LogP contribution is -1.84. The second-order valence-corrected chi connectivity index (χ2v) is 0.708. The van der Waals surface area contributed by atoms with Gasteiger partial charge >= 0.3 is 0 Å². The number of hydrogen-bond donors (Lipinski definition) is 0. The van der Waals surface area contributed by atoms with Crippen molar-refractivity contribution < 1.29 is 0 Å². The molecule has 40 valence electrons. The van der Waals surface area contributed by atoms with E-state index in [2.05, 4.69) is 20.6 Å². The molecular formula is C3H2N5-. The monoisotopic (exact) mass is 108 g/mol. The van der Waals surface area contributed by atoms with E-state index in [0.717, 1.165) is 0 Å². The Kier molecular flexibility index (Phi) is 4.36. The third-order valence-corrected chi connectivity index (χ3v) is 0.343. The zero-order valence-electron chi connectivity index (χ0n) is 3.89. The van der Waals surface area contributed by atoms with Gasteiger partial charge in [0.2, 0.25) is 0 Å². The quantitative estimate of drug-likeness (QED) is 0.413. The molecule has 0 atom stereocenters. The molecule has 0 amide bonds. The molecule has 0 radical (unpaired) electrons. The molecule has 8 heavy (non-hydrogen) atoms. The standard InChI is InChI=1S/C2H2N4.CN/c1-2-4-6-5-3-1;1-2/h1-2H;/q;-1. The maximum atomic E-state index is 6.25. The fraction of sp³-hybridized carbons (Fsp3) is 0. The third kappa shape index (κ3) is 2.66. The SMILES string of the molecule is [C-]#N.c1cnnnn1. The molecule has 5 nitrogen and oxygen atoms in total. The molecule has 0 aliphatic heterocycles. The molecular weight excluding hydrogens is 106 g/mol. The summed E-state index contributed by atoms with van der Waals surface area (Å²) in [5.74, 6) is 0. The lowest BCUT2D eigenvalue weighted by Gasteiger charge is -1.67. The summed E-state index contributed by atoms with van der Waals surface area (Å²) < 4.78 is 0. The van der Waals surface area contributed by atoms with Crippen LogP contribution < -0.4 is 0 Å². The summed E-state index contributed by atoms with van der Waals surface area (Å²) >= 11 is 0. The summed E-state index contributed by atoms with van der Waals surface area (Å²) in [4.78, 5) is 0. The lowest BCUT2D eigenvalue weighted by atomic mass is 11.0. The van der Waals surface area contributed by atoms with Gasteiger partial charge in [0.25, 0.3) is 0 Å². The molecule has 1 aromatic heterocycles. The summed E-state index contributed by atoms with van der Waals surface area (Å²) in [6.07, 6.45) is 2.93. The van der Waals surface area contributed by atoms with Gasteiger partial charge in [0.15, 0.2) is 0 Å². The fourth-order valence-corrected chi connectivity index (χ4v) is 0.165. The summed E-state index contributed by atoms with van der Waals surface area (Å²) in [6.45, 7) is 4.75. The van der Waals surface area contributed by atoms with E-state index in [0.29, 0.717) is 0 Å². The average Bonchev–Trinajstić information content (AvgIpc) is 1.96. The molecule has 0 saturated carbocycles. The smallest absolute Gasteiger partial charge is 0.0716 e. The Morgan fingerprint density at radius 3 is 1.50 bits per heavy atom. The minimum atomic E-state index is 1.47. The second kappa shape index (κ2) is 5.43. The first-order valence-corrected chi connectivity index (χ1v) is 1.67. The van der Waals surface area contributed by atoms with Crippen LogP contribution in [-0.4, -0.2) is 20.6 Å². The Morgan fingerprint density at radius 1 is 1.00 bits per heavy atom. The Balaban J connectivity index is 0.000000222. The summed E-state index contributed by atoms with van der Waals surface area (Å²) in [5.41, 5.74) is 0. The molecule has 0 unspecified atom stereocenters. The summed E-state index contributed by atoms with van der Waals surface area (Å²) in [6, 6.07) is 0. The topological polar surface area (TPSA) is 75.3 Å². The normalized spacial score (nSPS) is 6.25. The molecule has 0 aliphatic carbocycles. The van der Waals surface area contributed by atoms with Gasteiger partial charge in [-0.2, -0.15) is 0 Å². The van der Waals surface area contributed by atoms with Crippen molar-refractivity contribution in [1.82, 2.24) is 20.6 Å². The van der Waals surface area contributed by atoms with Crippen molar-refractivity contribution in [2.75, 3.05) is 0 Å². The van der Waals surface area contributed by atoms with Crippen LogP contribution in [0.1, 0.15) is 0 Å². The van der Waals surface area contributed by atoms with Crippen LogP contribution in [0, 0.1) is 11.8 Å². The largest absolute Gasteiger partial charge is 0.512 e. The highest BCUT2D eigenvalue weighted by Gasteiger charge is 1.61. The van der Waals surface area contributed by atoms with E-state index < -0.39 is 0 Å². The molecule has 0 spiro atoms. The van der Waals surface area contributed by atoms with Crippen LogP contribution in [0.5, 0.6) is 0 Å². The van der Waals surface area contributed by atoms with Gasteiger partial charge in [-0.25, -0.2) is 0 Å². The van der Waals surface area contributed by atoms with Crippen LogP contribution >= 0.6 is 0 Å². The first-order valence-electron chi connectivity index (χ1n) is 1.67. The van der Waals surface area contributed by atoms with E-state index in [1.165, 1.54) is 12.4 Å². The fourth-order valence-electron chi connectivity index (χ4n) is 0.165. The Labute approximate surface area is 46.0 Å². The highest BCUT2D eigenvalue weighted by molar-refractivity contribution is 4.52. The van der Waals surface area contributed by atoms with Gasteiger partial charge in [0.1, 0.15) is 0 Å². The minimum Gasteiger partial charge on any atom is -0.512 e. The summed E-state index contributed by atoms with van der Waals surface area (Å²) in [7, 11) is 0. The van der Waals surface area contributed by atoms with Crippen molar-refractivity contribution in [2.24, 2.45) is 0 Å². The van der Waals surface area contributed by atoms with Crippen LogP contribution in [0.4, 0.5) is 0 Å². The molecule has 0 aromatic carbocycles. The predicted octanol–water partition coefficient (Wildman–Crippen LogP) is -0.637. The molecule has 0 N–H and O–H groups in total. The first-order chi connectivity index (χ1) is 4.00. The Bertz CT molecular complexity index is 108. The highest BCUT2D eigenvalue weighted by Crippen LogP contribution is 1.53. The van der Waals surface area contributed by atoms with Gasteiger partial charge in [0, 0.05) is 0 Å². The Hall–Kier alpha value is -1.57. The summed E-state index contributed by atoms with van der Waals surface area (Å²) in [5, 5.41) is 19.3. The van der Waals surface area contributed by atoms with E-state index in [9.17, 15) is 0 Å². The number of aromatic nitrogens is 4. The number of rotatable bonds is 0. The average molecular weight is 108 g/mol. The van der Waals surface area contributed by atoms with Crippen molar-refractivity contribution in [3.63, 3.8) is 0 Å². The molecule has 0 bridgehead atoms. The van der Waals surface area contributed by atoms with Crippen LogP contribution in [0.25, 0.3) is 0 Å². The van der Waals surface area contributed by atoms with Crippen molar-refractivity contribution in [3.8, 4) is 0 Å². The second-order valence-electron chi connectivity index (χ2n) is 0.708. The molecule has 5 heteroatoms.